The van der Waals surface area contributed by atoms with Gasteiger partial charge in [0.2, 0.25) is 11.8 Å². The van der Waals surface area contributed by atoms with Crippen molar-refractivity contribution in [3.8, 4) is 5.75 Å². The summed E-state index contributed by atoms with van der Waals surface area (Å²) in [5, 5.41) is 0. The molecule has 0 bridgehead atoms. The van der Waals surface area contributed by atoms with Gasteiger partial charge in [-0.15, -0.1) is 0 Å². The van der Waals surface area contributed by atoms with Gasteiger partial charge in [0.05, 0.1) is 13.5 Å². The van der Waals surface area contributed by atoms with Crippen molar-refractivity contribution in [2.45, 2.75) is 47.0 Å². The fourth-order valence-electron chi connectivity index (χ4n) is 3.70. The van der Waals surface area contributed by atoms with Gasteiger partial charge in [-0.2, -0.15) is 0 Å². The molecule has 1 aromatic carbocycles. The molecule has 0 spiro atoms. The predicted molar refractivity (Wildman–Crippen MR) is 103 cm³/mol. The van der Waals surface area contributed by atoms with E-state index >= 15 is 0 Å². The monoisotopic (exact) mass is 360 g/mol. The quantitative estimate of drug-likeness (QED) is 0.784. The van der Waals surface area contributed by atoms with Crippen molar-refractivity contribution in [1.29, 1.82) is 0 Å². The second-order valence-corrected chi connectivity index (χ2v) is 7.16. The van der Waals surface area contributed by atoms with E-state index in [2.05, 4.69) is 19.9 Å². The molecular formula is C21H32N2O3. The van der Waals surface area contributed by atoms with Crippen LogP contribution in [0.15, 0.2) is 12.1 Å². The summed E-state index contributed by atoms with van der Waals surface area (Å²) in [4.78, 5) is 29.0. The highest BCUT2D eigenvalue weighted by atomic mass is 16.5. The molecule has 1 aromatic rings. The van der Waals surface area contributed by atoms with Crippen molar-refractivity contribution in [3.63, 3.8) is 0 Å². The molecule has 0 aromatic heterocycles. The molecule has 0 unspecified atom stereocenters. The van der Waals surface area contributed by atoms with Crippen molar-refractivity contribution in [3.05, 3.63) is 28.8 Å². The van der Waals surface area contributed by atoms with Gasteiger partial charge in [0.1, 0.15) is 5.75 Å². The van der Waals surface area contributed by atoms with Crippen LogP contribution in [0.2, 0.25) is 0 Å². The van der Waals surface area contributed by atoms with Crippen LogP contribution < -0.4 is 4.74 Å². The minimum atomic E-state index is 0.102. The minimum absolute atomic E-state index is 0.102. The highest BCUT2D eigenvalue weighted by Crippen LogP contribution is 2.25. The Hall–Kier alpha value is -2.04. The number of carbonyl (C=O) groups excluding carboxylic acids is 2. The van der Waals surface area contributed by atoms with E-state index in [4.69, 9.17) is 4.74 Å². The Balaban J connectivity index is 1.98. The number of rotatable bonds is 6. The van der Waals surface area contributed by atoms with E-state index in [1.54, 1.807) is 7.11 Å². The molecule has 2 rings (SSSR count). The second-order valence-electron chi connectivity index (χ2n) is 7.16. The highest BCUT2D eigenvalue weighted by molar-refractivity contribution is 5.81. The third-order valence-corrected chi connectivity index (χ3v) is 5.40. The number of nitrogens with zero attached hydrogens (tertiary/aromatic N) is 2. The molecule has 1 fully saturated rings. The van der Waals surface area contributed by atoms with E-state index in [9.17, 15) is 9.59 Å². The first-order chi connectivity index (χ1) is 12.4. The maximum absolute atomic E-state index is 12.8. The van der Waals surface area contributed by atoms with E-state index in [0.717, 1.165) is 35.3 Å². The Bertz CT molecular complexity index is 645. The van der Waals surface area contributed by atoms with Crippen LogP contribution in [-0.2, 0) is 16.0 Å². The number of amides is 2. The summed E-state index contributed by atoms with van der Waals surface area (Å²) in [6.45, 7) is 10.6. The predicted octanol–water partition coefficient (Wildman–Crippen LogP) is 2.96. The lowest BCUT2D eigenvalue weighted by molar-refractivity contribution is -0.142. The van der Waals surface area contributed by atoms with E-state index in [1.807, 2.05) is 29.7 Å². The van der Waals surface area contributed by atoms with Gasteiger partial charge in [-0.25, -0.2) is 0 Å². The third kappa shape index (κ3) is 4.57. The molecular weight excluding hydrogens is 328 g/mol. The largest absolute Gasteiger partial charge is 0.496 e. The van der Waals surface area contributed by atoms with E-state index in [0.29, 0.717) is 32.6 Å². The lowest BCUT2D eigenvalue weighted by Crippen LogP contribution is -2.52. The van der Waals surface area contributed by atoms with Crippen molar-refractivity contribution >= 4 is 11.8 Å². The Morgan fingerprint density at radius 3 is 2.15 bits per heavy atom. The summed E-state index contributed by atoms with van der Waals surface area (Å²) in [5.74, 6) is 1.22. The molecule has 0 aliphatic carbocycles. The first-order valence-corrected chi connectivity index (χ1v) is 9.61. The van der Waals surface area contributed by atoms with Crippen LogP contribution in [0.4, 0.5) is 0 Å². The minimum Gasteiger partial charge on any atom is -0.496 e. The number of aryl methyl sites for hydroxylation is 2. The maximum Gasteiger partial charge on any atom is 0.227 e. The molecule has 1 heterocycles. The zero-order valence-electron chi connectivity index (χ0n) is 16.8. The van der Waals surface area contributed by atoms with Crippen LogP contribution in [0.3, 0.4) is 0 Å². The summed E-state index contributed by atoms with van der Waals surface area (Å²) in [6, 6.07) is 4.05. The number of piperazine rings is 1. The van der Waals surface area contributed by atoms with Crippen molar-refractivity contribution in [2.75, 3.05) is 33.3 Å². The first kappa shape index (κ1) is 20.3. The number of benzene rings is 1. The number of carbonyl (C=O) groups is 2. The molecule has 2 amide bonds. The van der Waals surface area contributed by atoms with Crippen LogP contribution >= 0.6 is 0 Å². The van der Waals surface area contributed by atoms with Gasteiger partial charge in [-0.3, -0.25) is 9.59 Å². The lowest BCUT2D eigenvalue weighted by Gasteiger charge is -2.36. The van der Waals surface area contributed by atoms with E-state index in [1.165, 1.54) is 0 Å². The zero-order valence-corrected chi connectivity index (χ0v) is 16.8. The summed E-state index contributed by atoms with van der Waals surface area (Å²) < 4.78 is 5.47. The summed E-state index contributed by atoms with van der Waals surface area (Å²) in [5.41, 5.74) is 3.17. The van der Waals surface area contributed by atoms with Crippen LogP contribution in [0.25, 0.3) is 0 Å². The topological polar surface area (TPSA) is 49.9 Å². The second kappa shape index (κ2) is 9.06. The molecule has 0 N–H and O–H groups in total. The normalized spacial score (nSPS) is 14.7. The molecule has 26 heavy (non-hydrogen) atoms. The van der Waals surface area contributed by atoms with Gasteiger partial charge >= 0.3 is 0 Å². The van der Waals surface area contributed by atoms with Crippen molar-refractivity contribution < 1.29 is 14.3 Å². The number of ether oxygens (including phenoxy) is 1. The third-order valence-electron chi connectivity index (χ3n) is 5.40. The van der Waals surface area contributed by atoms with Gasteiger partial charge in [-0.1, -0.05) is 19.9 Å². The fourth-order valence-corrected chi connectivity index (χ4v) is 3.70. The summed E-state index contributed by atoms with van der Waals surface area (Å²) in [7, 11) is 1.64. The van der Waals surface area contributed by atoms with Crippen molar-refractivity contribution in [2.24, 2.45) is 5.92 Å². The molecule has 0 saturated carbocycles. The molecule has 5 nitrogen and oxygen atoms in total. The lowest BCUT2D eigenvalue weighted by atomic mass is 10.00. The molecule has 5 heteroatoms. The number of hydrogen-bond acceptors (Lipinski definition) is 3. The Labute approximate surface area is 157 Å². The van der Waals surface area contributed by atoms with Crippen LogP contribution in [0.5, 0.6) is 5.75 Å². The van der Waals surface area contributed by atoms with Crippen molar-refractivity contribution in [1.82, 2.24) is 9.80 Å². The average molecular weight is 360 g/mol. The van der Waals surface area contributed by atoms with Gasteiger partial charge in [0, 0.05) is 37.7 Å². The van der Waals surface area contributed by atoms with Crippen LogP contribution in [0, 0.1) is 19.8 Å². The Morgan fingerprint density at radius 2 is 1.62 bits per heavy atom. The van der Waals surface area contributed by atoms with Gasteiger partial charge in [-0.05, 0) is 43.9 Å². The average Bonchev–Trinajstić information content (AvgIpc) is 2.64. The standard InChI is InChI=1S/C21H32N2O3/c1-6-17(7-2)21(25)23-10-8-22(9-11-23)20(24)14-18-16(4)12-15(3)13-19(18)26-5/h12-13,17H,6-11,14H2,1-5H3. The van der Waals surface area contributed by atoms with Crippen LogP contribution in [-0.4, -0.2) is 54.9 Å². The van der Waals surface area contributed by atoms with E-state index in [-0.39, 0.29) is 17.7 Å². The first-order valence-electron chi connectivity index (χ1n) is 9.61. The molecule has 144 valence electrons. The molecule has 1 saturated heterocycles. The highest BCUT2D eigenvalue weighted by Gasteiger charge is 2.27. The smallest absolute Gasteiger partial charge is 0.227 e. The number of methoxy groups -OCH3 is 1. The van der Waals surface area contributed by atoms with E-state index < -0.39 is 0 Å². The zero-order chi connectivity index (χ0) is 19.3. The maximum atomic E-state index is 12.8. The molecule has 1 aliphatic heterocycles. The van der Waals surface area contributed by atoms with Gasteiger partial charge in [0.15, 0.2) is 0 Å². The molecule has 1 aliphatic rings. The fraction of sp³-hybridized carbons (Fsp3) is 0.619. The summed E-state index contributed by atoms with van der Waals surface area (Å²) >= 11 is 0. The number of hydrogen-bond donors (Lipinski definition) is 0. The summed E-state index contributed by atoms with van der Waals surface area (Å²) in [6.07, 6.45) is 2.09. The Kier molecular flexibility index (Phi) is 7.06. The Morgan fingerprint density at radius 1 is 1.04 bits per heavy atom. The molecule has 0 atom stereocenters. The van der Waals surface area contributed by atoms with Gasteiger partial charge < -0.3 is 14.5 Å². The molecule has 0 radical (unpaired) electrons. The van der Waals surface area contributed by atoms with Gasteiger partial charge in [0.25, 0.3) is 0 Å². The SMILES string of the molecule is CCC(CC)C(=O)N1CCN(C(=O)Cc2c(C)cc(C)cc2OC)CC1. The van der Waals surface area contributed by atoms with Crippen LogP contribution in [0.1, 0.15) is 43.4 Å².